The van der Waals surface area contributed by atoms with Crippen LogP contribution in [0.25, 0.3) is 0 Å². The smallest absolute Gasteiger partial charge is 0.358 e. The summed E-state index contributed by atoms with van der Waals surface area (Å²) in [6.07, 6.45) is 4.20. The number of hydrogen-bond acceptors (Lipinski definition) is 8. The van der Waals surface area contributed by atoms with E-state index in [4.69, 9.17) is 30.8 Å². The zero-order valence-corrected chi connectivity index (χ0v) is 19.5. The molecule has 0 spiro atoms. The molecule has 0 radical (unpaired) electrons. The molecule has 0 rings (SSSR count). The summed E-state index contributed by atoms with van der Waals surface area (Å²) in [7, 11) is 8.22. The molecule has 0 aliphatic carbocycles. The van der Waals surface area contributed by atoms with Crippen molar-refractivity contribution in [2.75, 3.05) is 67.6 Å². The van der Waals surface area contributed by atoms with Crippen LogP contribution in [0.2, 0.25) is 0 Å². The number of carbonyl (C=O) groups excluding carboxylic acids is 2. The third-order valence-electron chi connectivity index (χ3n) is 5.02. The van der Waals surface area contributed by atoms with E-state index in [-0.39, 0.29) is 13.2 Å². The normalized spacial score (nSPS) is 10.7. The summed E-state index contributed by atoms with van der Waals surface area (Å²) in [5.74, 6) is 1.92. The fourth-order valence-corrected chi connectivity index (χ4v) is 2.82. The van der Waals surface area contributed by atoms with Crippen LogP contribution in [-0.2, 0) is 19.1 Å². The molecule has 0 aromatic heterocycles. The van der Waals surface area contributed by atoms with Crippen molar-refractivity contribution in [1.82, 2.24) is 0 Å². The predicted octanol–water partition coefficient (Wildman–Crippen LogP) is 1.18. The first kappa shape index (κ1) is 28.7. The Morgan fingerprint density at radius 2 is 1.03 bits per heavy atom. The Morgan fingerprint density at radius 3 is 1.31 bits per heavy atom. The van der Waals surface area contributed by atoms with Crippen molar-refractivity contribution in [3.63, 3.8) is 0 Å². The third kappa shape index (κ3) is 12.4. The number of carbonyl (C=O) groups is 2. The van der Waals surface area contributed by atoms with E-state index in [1.807, 2.05) is 0 Å². The van der Waals surface area contributed by atoms with E-state index in [0.29, 0.717) is 22.1 Å². The number of esters is 2. The Morgan fingerprint density at radius 1 is 0.688 bits per heavy atom. The number of likely N-dealkylation sites (N-methyl/N-ethyl adjacent to an activating group) is 2. The zero-order chi connectivity index (χ0) is 24.6. The molecule has 0 heterocycles. The van der Waals surface area contributed by atoms with Gasteiger partial charge in [-0.15, -0.1) is 0 Å². The second-order valence-electron chi connectivity index (χ2n) is 8.68. The molecule has 0 saturated carbocycles. The summed E-state index contributed by atoms with van der Waals surface area (Å²) in [6.45, 7) is 3.45. The monoisotopic (exact) mass is 446 g/mol. The highest BCUT2D eigenvalue weighted by Gasteiger charge is 2.19. The Hall–Kier alpha value is -3.26. The van der Waals surface area contributed by atoms with E-state index in [1.165, 1.54) is 0 Å². The van der Waals surface area contributed by atoms with Gasteiger partial charge in [0.1, 0.15) is 38.4 Å². The largest absolute Gasteiger partial charge is 0.455 e. The van der Waals surface area contributed by atoms with Crippen LogP contribution in [0.1, 0.15) is 25.7 Å². The van der Waals surface area contributed by atoms with Crippen LogP contribution < -0.4 is 0 Å². The Labute approximate surface area is 190 Å². The minimum absolute atomic E-state index is 0.181. The molecule has 0 bridgehead atoms. The molecular weight excluding hydrogens is 412 g/mol. The van der Waals surface area contributed by atoms with Gasteiger partial charge in [0.05, 0.1) is 41.3 Å². The molecule has 0 saturated heterocycles. The molecule has 0 atom stereocenters. The van der Waals surface area contributed by atoms with Gasteiger partial charge in [0.2, 0.25) is 0 Å². The van der Waals surface area contributed by atoms with Crippen molar-refractivity contribution in [3.05, 3.63) is 11.1 Å². The third-order valence-corrected chi connectivity index (χ3v) is 5.02. The maximum atomic E-state index is 11.5. The van der Waals surface area contributed by atoms with Crippen molar-refractivity contribution in [3.8, 4) is 12.1 Å². The SMILES string of the molecule is C[N+](C)(CCCCCC[N+](C)(C)CCOC(=O)C(=C=N)C#N)CCOC(=O)C(=C=N)C#N. The molecule has 0 unspecified atom stereocenters. The molecule has 0 aromatic carbocycles. The van der Waals surface area contributed by atoms with Crippen LogP contribution >= 0.6 is 0 Å². The van der Waals surface area contributed by atoms with Gasteiger partial charge in [-0.25, -0.2) is 9.59 Å². The van der Waals surface area contributed by atoms with Gasteiger partial charge in [-0.3, -0.25) is 10.8 Å². The van der Waals surface area contributed by atoms with Crippen molar-refractivity contribution < 1.29 is 28.0 Å². The zero-order valence-electron chi connectivity index (χ0n) is 19.5. The number of hydrogen-bond donors (Lipinski definition) is 2. The van der Waals surface area contributed by atoms with Gasteiger partial charge in [0.15, 0.2) is 11.1 Å². The molecular formula is C22H34N6O4+2. The molecule has 10 nitrogen and oxygen atoms in total. The Kier molecular flexibility index (Phi) is 13.2. The number of nitrogens with zero attached hydrogens (tertiary/aromatic N) is 4. The predicted molar refractivity (Wildman–Crippen MR) is 118 cm³/mol. The summed E-state index contributed by atoms with van der Waals surface area (Å²) in [5.41, 5.74) is -0.852. The number of nitriles is 2. The van der Waals surface area contributed by atoms with E-state index in [2.05, 4.69) is 28.2 Å². The lowest BCUT2D eigenvalue weighted by Crippen LogP contribution is -2.43. The highest BCUT2D eigenvalue weighted by atomic mass is 16.5. The Balaban J connectivity index is 4.04. The van der Waals surface area contributed by atoms with Crippen LogP contribution in [0.4, 0.5) is 0 Å². The van der Waals surface area contributed by atoms with E-state index in [9.17, 15) is 9.59 Å². The molecule has 2 N–H and O–H groups in total. The fourth-order valence-electron chi connectivity index (χ4n) is 2.82. The molecule has 32 heavy (non-hydrogen) atoms. The summed E-state index contributed by atoms with van der Waals surface area (Å²) in [6, 6.07) is 3.16. The summed E-state index contributed by atoms with van der Waals surface area (Å²) >= 11 is 0. The summed E-state index contributed by atoms with van der Waals surface area (Å²) in [4.78, 5) is 23.1. The van der Waals surface area contributed by atoms with Crippen molar-refractivity contribution >= 4 is 23.7 Å². The fraction of sp³-hybridized carbons (Fsp3) is 0.636. The van der Waals surface area contributed by atoms with E-state index < -0.39 is 23.1 Å². The van der Waals surface area contributed by atoms with Crippen molar-refractivity contribution in [2.45, 2.75) is 25.7 Å². The van der Waals surface area contributed by atoms with Crippen LogP contribution in [0.5, 0.6) is 0 Å². The average Bonchev–Trinajstić information content (AvgIpc) is 2.72. The second-order valence-corrected chi connectivity index (χ2v) is 8.68. The highest BCUT2D eigenvalue weighted by molar-refractivity contribution is 6.01. The lowest BCUT2D eigenvalue weighted by atomic mass is 10.1. The van der Waals surface area contributed by atoms with E-state index in [0.717, 1.165) is 38.8 Å². The molecule has 10 heteroatoms. The first-order chi connectivity index (χ1) is 15.0. The Bertz CT molecular complexity index is 767. The van der Waals surface area contributed by atoms with Gasteiger partial charge in [-0.1, -0.05) is 0 Å². The van der Waals surface area contributed by atoms with Gasteiger partial charge in [0.25, 0.3) is 0 Å². The quantitative estimate of drug-likeness (QED) is 0.0964. The van der Waals surface area contributed by atoms with Gasteiger partial charge in [-0.2, -0.15) is 10.5 Å². The van der Waals surface area contributed by atoms with Gasteiger partial charge in [0, 0.05) is 11.7 Å². The van der Waals surface area contributed by atoms with E-state index in [1.54, 1.807) is 23.9 Å². The number of ether oxygens (including phenoxy) is 2. The van der Waals surface area contributed by atoms with Crippen molar-refractivity contribution in [1.29, 1.82) is 21.3 Å². The van der Waals surface area contributed by atoms with Crippen LogP contribution in [0, 0.1) is 33.5 Å². The maximum Gasteiger partial charge on any atom is 0.358 e. The van der Waals surface area contributed by atoms with Gasteiger partial charge >= 0.3 is 11.9 Å². The topological polar surface area (TPSA) is 148 Å². The molecule has 0 aromatic rings. The highest BCUT2D eigenvalue weighted by Crippen LogP contribution is 2.09. The average molecular weight is 447 g/mol. The molecule has 0 fully saturated rings. The molecule has 0 aliphatic rings. The van der Waals surface area contributed by atoms with Gasteiger partial charge < -0.3 is 18.4 Å². The maximum absolute atomic E-state index is 11.5. The molecule has 174 valence electrons. The molecule has 0 amide bonds. The number of nitrogens with one attached hydrogen (secondary N) is 2. The minimum atomic E-state index is -0.810. The second kappa shape index (κ2) is 14.7. The van der Waals surface area contributed by atoms with E-state index >= 15 is 0 Å². The number of quaternary nitrogens is 2. The lowest BCUT2D eigenvalue weighted by Gasteiger charge is -2.30. The first-order valence-corrected chi connectivity index (χ1v) is 10.4. The summed E-state index contributed by atoms with van der Waals surface area (Å²) < 4.78 is 11.4. The first-order valence-electron chi connectivity index (χ1n) is 10.4. The summed E-state index contributed by atoms with van der Waals surface area (Å²) in [5, 5.41) is 31.1. The standard InChI is InChI=1S/C22H34N6O4/c1-27(2,11-13-31-21(29)19(15-23)16-24)9-7-5-6-8-10-28(3,4)12-14-32-22(30)20(17-25)18-26/h23,25H,5-14H2,1-4H3/q+2. The minimum Gasteiger partial charge on any atom is -0.455 e. The van der Waals surface area contributed by atoms with Gasteiger partial charge in [-0.05, 0) is 25.7 Å². The number of rotatable bonds is 15. The number of unbranched alkanes of at least 4 members (excludes halogenated alkanes) is 3. The lowest BCUT2D eigenvalue weighted by molar-refractivity contribution is -0.891. The van der Waals surface area contributed by atoms with Crippen LogP contribution in [0.15, 0.2) is 11.1 Å². The van der Waals surface area contributed by atoms with Crippen molar-refractivity contribution in [2.24, 2.45) is 0 Å². The molecule has 0 aliphatic heterocycles. The van der Waals surface area contributed by atoms with Crippen LogP contribution in [-0.4, -0.2) is 100 Å². The van der Waals surface area contributed by atoms with Crippen LogP contribution in [0.3, 0.4) is 0 Å².